The van der Waals surface area contributed by atoms with Crippen molar-refractivity contribution in [3.8, 4) is 0 Å². The minimum Gasteiger partial charge on any atom is -0.356 e. The highest BCUT2D eigenvalue weighted by molar-refractivity contribution is 7.89. The van der Waals surface area contributed by atoms with Gasteiger partial charge in [0.15, 0.2) is 5.11 Å². The molecule has 2 rings (SSSR count). The van der Waals surface area contributed by atoms with Gasteiger partial charge in [0, 0.05) is 32.6 Å². The number of nitrogens with zero attached hydrogens (tertiary/aromatic N) is 1. The number of likely N-dealkylation sites (N-methyl/N-ethyl adjacent to an activating group) is 1. The fourth-order valence-electron chi connectivity index (χ4n) is 3.03. The average molecular weight is 372 g/mol. The fourth-order valence-corrected chi connectivity index (χ4v) is 4.18. The molecule has 24 heavy (non-hydrogen) atoms. The number of benzene rings is 1. The number of nitrogens with one attached hydrogen (secondary N) is 3. The Balaban J connectivity index is 1.95. The van der Waals surface area contributed by atoms with Gasteiger partial charge in [-0.05, 0) is 37.3 Å². The molecular formula is C16H27N4O2S2+. The Labute approximate surface area is 150 Å². The lowest BCUT2D eigenvalue weighted by Gasteiger charge is -2.21. The van der Waals surface area contributed by atoms with Crippen molar-refractivity contribution in [2.45, 2.75) is 30.7 Å². The number of rotatable bonds is 6. The summed E-state index contributed by atoms with van der Waals surface area (Å²) in [6.07, 6.45) is 2.48. The molecule has 1 aromatic carbocycles. The fraction of sp³-hybridized carbons (Fsp3) is 0.562. The van der Waals surface area contributed by atoms with E-state index < -0.39 is 10.0 Å². The second kappa shape index (κ2) is 8.24. The first-order valence-corrected chi connectivity index (χ1v) is 10.1. The van der Waals surface area contributed by atoms with Crippen molar-refractivity contribution >= 4 is 33.0 Å². The van der Waals surface area contributed by atoms with Gasteiger partial charge >= 0.3 is 0 Å². The molecule has 0 amide bonds. The zero-order chi connectivity index (χ0) is 17.7. The van der Waals surface area contributed by atoms with Gasteiger partial charge in [-0.1, -0.05) is 6.07 Å². The molecule has 0 aromatic heterocycles. The zero-order valence-electron chi connectivity index (χ0n) is 14.5. The van der Waals surface area contributed by atoms with Gasteiger partial charge in [0.2, 0.25) is 10.0 Å². The zero-order valence-corrected chi connectivity index (χ0v) is 16.1. The number of sulfonamides is 1. The maximum absolute atomic E-state index is 12.2. The van der Waals surface area contributed by atoms with Gasteiger partial charge in [-0.3, -0.25) is 0 Å². The van der Waals surface area contributed by atoms with Crippen LogP contribution in [-0.2, 0) is 10.0 Å². The van der Waals surface area contributed by atoms with Gasteiger partial charge in [-0.2, -0.15) is 0 Å². The Morgan fingerprint density at radius 2 is 2.17 bits per heavy atom. The third-order valence-electron chi connectivity index (χ3n) is 4.46. The van der Waals surface area contributed by atoms with Crippen molar-refractivity contribution < 1.29 is 13.3 Å². The number of hydrogen-bond acceptors (Lipinski definition) is 3. The molecule has 1 saturated heterocycles. The molecule has 1 unspecified atom stereocenters. The number of hydrogen-bond donors (Lipinski definition) is 3. The minimum absolute atomic E-state index is 0.248. The summed E-state index contributed by atoms with van der Waals surface area (Å²) in [5, 5.41) is 6.86. The molecule has 1 heterocycles. The quantitative estimate of drug-likeness (QED) is 0.628. The maximum Gasteiger partial charge on any atom is 0.242 e. The van der Waals surface area contributed by atoms with E-state index in [4.69, 9.17) is 12.2 Å². The van der Waals surface area contributed by atoms with Crippen LogP contribution in [0.1, 0.15) is 19.8 Å². The molecule has 2 atom stereocenters. The first-order chi connectivity index (χ1) is 11.3. The summed E-state index contributed by atoms with van der Waals surface area (Å²) in [6, 6.07) is 7.29. The first kappa shape index (κ1) is 19.1. The van der Waals surface area contributed by atoms with Crippen molar-refractivity contribution in [2.75, 3.05) is 39.0 Å². The Morgan fingerprint density at radius 3 is 2.83 bits per heavy atom. The molecule has 0 aliphatic carbocycles. The summed E-state index contributed by atoms with van der Waals surface area (Å²) in [4.78, 5) is 1.86. The van der Waals surface area contributed by atoms with Crippen LogP contribution >= 0.6 is 12.2 Å². The summed E-state index contributed by atoms with van der Waals surface area (Å²) < 4.78 is 25.6. The Bertz CT molecular complexity index is 676. The first-order valence-electron chi connectivity index (χ1n) is 8.26. The van der Waals surface area contributed by atoms with E-state index in [0.29, 0.717) is 16.8 Å². The highest BCUT2D eigenvalue weighted by Gasteiger charge is 2.26. The molecule has 0 saturated carbocycles. The smallest absolute Gasteiger partial charge is 0.242 e. The van der Waals surface area contributed by atoms with Crippen LogP contribution in [-0.4, -0.2) is 57.6 Å². The van der Waals surface area contributed by atoms with Crippen LogP contribution in [0.5, 0.6) is 0 Å². The summed E-state index contributed by atoms with van der Waals surface area (Å²) in [6.45, 7) is 5.41. The predicted molar refractivity (Wildman–Crippen MR) is 101 cm³/mol. The highest BCUT2D eigenvalue weighted by atomic mass is 32.2. The van der Waals surface area contributed by atoms with E-state index in [-0.39, 0.29) is 4.90 Å². The molecule has 1 fully saturated rings. The highest BCUT2D eigenvalue weighted by Crippen LogP contribution is 2.17. The van der Waals surface area contributed by atoms with E-state index in [2.05, 4.69) is 17.6 Å². The normalized spacial score (nSPS) is 21.0. The van der Waals surface area contributed by atoms with Gasteiger partial charge in [-0.15, -0.1) is 0 Å². The largest absolute Gasteiger partial charge is 0.356 e. The van der Waals surface area contributed by atoms with Crippen LogP contribution in [0.4, 0.5) is 5.69 Å². The third kappa shape index (κ3) is 4.66. The van der Waals surface area contributed by atoms with Crippen LogP contribution in [0.2, 0.25) is 0 Å². The molecule has 0 spiro atoms. The average Bonchev–Trinajstić information content (AvgIpc) is 3.00. The molecule has 134 valence electrons. The van der Waals surface area contributed by atoms with Gasteiger partial charge in [-0.25, -0.2) is 12.7 Å². The SMILES string of the molecule is CC[NH+]1CCC[C@@H]1CNC(=S)Nc1cccc(S(=O)(=O)N(C)C)c1. The van der Waals surface area contributed by atoms with Crippen molar-refractivity contribution in [1.82, 2.24) is 9.62 Å². The van der Waals surface area contributed by atoms with Gasteiger partial charge in [0.05, 0.1) is 24.5 Å². The van der Waals surface area contributed by atoms with E-state index in [0.717, 1.165) is 13.1 Å². The van der Waals surface area contributed by atoms with Gasteiger partial charge < -0.3 is 15.5 Å². The van der Waals surface area contributed by atoms with Crippen molar-refractivity contribution in [3.63, 3.8) is 0 Å². The molecule has 8 heteroatoms. The number of quaternary nitrogens is 1. The lowest BCUT2D eigenvalue weighted by atomic mass is 10.2. The summed E-state index contributed by atoms with van der Waals surface area (Å²) >= 11 is 5.34. The van der Waals surface area contributed by atoms with Crippen molar-refractivity contribution in [3.05, 3.63) is 24.3 Å². The van der Waals surface area contributed by atoms with Crippen LogP contribution < -0.4 is 15.5 Å². The minimum atomic E-state index is -3.44. The third-order valence-corrected chi connectivity index (χ3v) is 6.52. The molecular weight excluding hydrogens is 344 g/mol. The van der Waals surface area contributed by atoms with Crippen molar-refractivity contribution in [1.29, 1.82) is 0 Å². The summed E-state index contributed by atoms with van der Waals surface area (Å²) in [5.74, 6) is 0. The molecule has 1 aliphatic heterocycles. The molecule has 1 aromatic rings. The van der Waals surface area contributed by atoms with E-state index in [1.165, 1.54) is 37.8 Å². The molecule has 0 radical (unpaired) electrons. The summed E-state index contributed by atoms with van der Waals surface area (Å²) in [7, 11) is -0.407. The lowest BCUT2D eigenvalue weighted by Crippen LogP contribution is -3.14. The number of thiocarbonyl (C=S) groups is 1. The summed E-state index contributed by atoms with van der Waals surface area (Å²) in [5.41, 5.74) is 0.668. The van der Waals surface area contributed by atoms with Gasteiger partial charge in [0.1, 0.15) is 6.04 Å². The van der Waals surface area contributed by atoms with E-state index in [1.807, 2.05) is 6.07 Å². The Hall–Kier alpha value is -1.22. The van der Waals surface area contributed by atoms with Crippen molar-refractivity contribution in [2.24, 2.45) is 0 Å². The van der Waals surface area contributed by atoms with Crippen LogP contribution in [0.15, 0.2) is 29.2 Å². The number of likely N-dealkylation sites (tertiary alicyclic amines) is 1. The predicted octanol–water partition coefficient (Wildman–Crippen LogP) is 0.291. The molecule has 0 bridgehead atoms. The van der Waals surface area contributed by atoms with E-state index in [9.17, 15) is 8.42 Å². The monoisotopic (exact) mass is 371 g/mol. The Morgan fingerprint density at radius 1 is 1.42 bits per heavy atom. The molecule has 3 N–H and O–H groups in total. The van der Waals surface area contributed by atoms with Crippen LogP contribution in [0.25, 0.3) is 0 Å². The lowest BCUT2D eigenvalue weighted by molar-refractivity contribution is -0.909. The maximum atomic E-state index is 12.2. The second-order valence-corrected chi connectivity index (χ2v) is 8.81. The molecule has 6 nitrogen and oxygen atoms in total. The van der Waals surface area contributed by atoms with E-state index in [1.54, 1.807) is 23.1 Å². The molecule has 1 aliphatic rings. The van der Waals surface area contributed by atoms with Crippen LogP contribution in [0, 0.1) is 0 Å². The van der Waals surface area contributed by atoms with Gasteiger partial charge in [0.25, 0.3) is 0 Å². The number of anilines is 1. The Kier molecular flexibility index (Phi) is 6.56. The van der Waals surface area contributed by atoms with Crippen LogP contribution in [0.3, 0.4) is 0 Å². The topological polar surface area (TPSA) is 65.9 Å². The second-order valence-electron chi connectivity index (χ2n) is 6.25. The van der Waals surface area contributed by atoms with E-state index >= 15 is 0 Å². The standard InChI is InChI=1S/C16H26N4O2S2/c1-4-20-10-6-8-14(20)12-17-16(23)18-13-7-5-9-15(11-13)24(21,22)19(2)3/h5,7,9,11,14H,4,6,8,10,12H2,1-3H3,(H2,17,18,23)/p+1/t14-/m1/s1.